The number of guanidine groups is 1. The minimum atomic E-state index is 0.289. The normalized spacial score (nSPS) is 27.9. The highest BCUT2D eigenvalue weighted by atomic mass is 16.2. The van der Waals surface area contributed by atoms with Crippen LogP contribution in [0.25, 0.3) is 0 Å². The Morgan fingerprint density at radius 1 is 1.04 bits per heavy atom. The Kier molecular flexibility index (Phi) is 7.80. The van der Waals surface area contributed by atoms with Crippen molar-refractivity contribution in [3.63, 3.8) is 0 Å². The molecule has 2 unspecified atom stereocenters. The number of nitrogens with one attached hydrogen (secondary N) is 2. The number of hydrogen-bond donors (Lipinski definition) is 2. The number of hydrogen-bond acceptors (Lipinski definition) is 3. The second-order valence-corrected chi connectivity index (χ2v) is 8.39. The zero-order chi connectivity index (χ0) is 19.1. The number of likely N-dealkylation sites (tertiary alicyclic amines) is 2. The van der Waals surface area contributed by atoms with Gasteiger partial charge in [-0.1, -0.05) is 26.2 Å². The molecule has 1 amide bonds. The predicted molar refractivity (Wildman–Crippen MR) is 111 cm³/mol. The van der Waals surface area contributed by atoms with Gasteiger partial charge in [-0.3, -0.25) is 14.7 Å². The summed E-state index contributed by atoms with van der Waals surface area (Å²) in [6.45, 7) is 10.1. The molecule has 0 aromatic rings. The second kappa shape index (κ2) is 10.3. The first-order chi connectivity index (χ1) is 13.2. The van der Waals surface area contributed by atoms with Gasteiger partial charge in [0.05, 0.1) is 6.54 Å². The number of amides is 1. The Hall–Kier alpha value is -1.30. The van der Waals surface area contributed by atoms with Gasteiger partial charge in [-0.15, -0.1) is 0 Å². The van der Waals surface area contributed by atoms with Crippen molar-refractivity contribution in [2.24, 2.45) is 10.9 Å². The van der Waals surface area contributed by atoms with Gasteiger partial charge < -0.3 is 15.5 Å². The monoisotopic (exact) mass is 377 g/mol. The number of rotatable bonds is 6. The molecule has 0 aromatic carbocycles. The highest BCUT2D eigenvalue weighted by Gasteiger charge is 2.32. The lowest BCUT2D eigenvalue weighted by Crippen LogP contribution is -2.47. The minimum absolute atomic E-state index is 0.289. The van der Waals surface area contributed by atoms with Crippen LogP contribution in [0.15, 0.2) is 4.99 Å². The lowest BCUT2D eigenvalue weighted by atomic mass is 10.0. The van der Waals surface area contributed by atoms with Gasteiger partial charge >= 0.3 is 0 Å². The van der Waals surface area contributed by atoms with Gasteiger partial charge in [-0.2, -0.15) is 0 Å². The molecule has 1 aliphatic carbocycles. The minimum Gasteiger partial charge on any atom is -0.357 e. The summed E-state index contributed by atoms with van der Waals surface area (Å²) in [6.07, 6.45) is 9.54. The van der Waals surface area contributed by atoms with Gasteiger partial charge in [0.2, 0.25) is 5.91 Å². The van der Waals surface area contributed by atoms with Crippen molar-refractivity contribution in [1.29, 1.82) is 0 Å². The van der Waals surface area contributed by atoms with E-state index >= 15 is 0 Å². The van der Waals surface area contributed by atoms with Crippen LogP contribution in [0.5, 0.6) is 0 Å². The summed E-state index contributed by atoms with van der Waals surface area (Å²) in [6, 6.07) is 0.894. The fourth-order valence-electron chi connectivity index (χ4n) is 4.90. The lowest BCUT2D eigenvalue weighted by Gasteiger charge is -2.34. The highest BCUT2D eigenvalue weighted by molar-refractivity contribution is 5.81. The number of carbonyl (C=O) groups excluding carboxylic acids is 1. The lowest BCUT2D eigenvalue weighted by molar-refractivity contribution is -0.134. The molecule has 6 heteroatoms. The van der Waals surface area contributed by atoms with Crippen LogP contribution in [-0.2, 0) is 4.79 Å². The molecule has 0 bridgehead atoms. The van der Waals surface area contributed by atoms with E-state index in [4.69, 9.17) is 4.99 Å². The third-order valence-corrected chi connectivity index (χ3v) is 6.50. The van der Waals surface area contributed by atoms with E-state index in [1.807, 2.05) is 0 Å². The molecular weight excluding hydrogens is 338 g/mol. The summed E-state index contributed by atoms with van der Waals surface area (Å²) < 4.78 is 0. The molecule has 2 saturated heterocycles. The van der Waals surface area contributed by atoms with Crippen LogP contribution in [0.2, 0.25) is 0 Å². The van der Waals surface area contributed by atoms with E-state index in [0.717, 1.165) is 57.9 Å². The summed E-state index contributed by atoms with van der Waals surface area (Å²) in [4.78, 5) is 22.2. The SMILES string of the molecule is CCNC(=NCC1CCCCN1CC)NC1CCN(C(=O)C2CCCC2)C1. The second-order valence-electron chi connectivity index (χ2n) is 8.39. The first kappa shape index (κ1) is 20.4. The Labute approximate surface area is 165 Å². The maximum Gasteiger partial charge on any atom is 0.225 e. The average molecular weight is 378 g/mol. The first-order valence-electron chi connectivity index (χ1n) is 11.3. The molecule has 0 spiro atoms. The van der Waals surface area contributed by atoms with Crippen molar-refractivity contribution in [1.82, 2.24) is 20.4 Å². The summed E-state index contributed by atoms with van der Waals surface area (Å²) in [5.41, 5.74) is 0. The number of likely N-dealkylation sites (N-methyl/N-ethyl adjacent to an activating group) is 1. The van der Waals surface area contributed by atoms with E-state index in [-0.39, 0.29) is 5.92 Å². The molecule has 154 valence electrons. The van der Waals surface area contributed by atoms with Crippen molar-refractivity contribution in [3.05, 3.63) is 0 Å². The predicted octanol–water partition coefficient (Wildman–Crippen LogP) is 2.21. The Morgan fingerprint density at radius 3 is 2.56 bits per heavy atom. The van der Waals surface area contributed by atoms with Crippen LogP contribution < -0.4 is 10.6 Å². The largest absolute Gasteiger partial charge is 0.357 e. The summed E-state index contributed by atoms with van der Waals surface area (Å²) in [7, 11) is 0. The molecule has 2 aliphatic heterocycles. The van der Waals surface area contributed by atoms with E-state index in [0.29, 0.717) is 18.0 Å². The number of carbonyl (C=O) groups is 1. The van der Waals surface area contributed by atoms with Crippen molar-refractivity contribution in [2.75, 3.05) is 39.3 Å². The molecule has 2 atom stereocenters. The van der Waals surface area contributed by atoms with Crippen molar-refractivity contribution < 1.29 is 4.79 Å². The topological polar surface area (TPSA) is 60.0 Å². The molecule has 0 aromatic heterocycles. The number of piperidine rings is 1. The Bertz CT molecular complexity index is 503. The fourth-order valence-corrected chi connectivity index (χ4v) is 4.90. The zero-order valence-corrected chi connectivity index (χ0v) is 17.4. The molecule has 1 saturated carbocycles. The maximum absolute atomic E-state index is 12.7. The van der Waals surface area contributed by atoms with E-state index in [1.54, 1.807) is 0 Å². The summed E-state index contributed by atoms with van der Waals surface area (Å²) in [5, 5.41) is 6.99. The van der Waals surface area contributed by atoms with Crippen molar-refractivity contribution >= 4 is 11.9 Å². The summed E-state index contributed by atoms with van der Waals surface area (Å²) >= 11 is 0. The molecule has 2 heterocycles. The van der Waals surface area contributed by atoms with E-state index < -0.39 is 0 Å². The molecule has 3 fully saturated rings. The third kappa shape index (κ3) is 5.59. The Balaban J connectivity index is 1.50. The molecule has 0 radical (unpaired) electrons. The molecular formula is C21H39N5O. The molecule has 3 aliphatic rings. The van der Waals surface area contributed by atoms with Crippen LogP contribution >= 0.6 is 0 Å². The molecule has 2 N–H and O–H groups in total. The number of aliphatic imine (C=N–C) groups is 1. The van der Waals surface area contributed by atoms with E-state index in [1.165, 1.54) is 38.6 Å². The van der Waals surface area contributed by atoms with Gasteiger partial charge in [0, 0.05) is 37.6 Å². The highest BCUT2D eigenvalue weighted by Crippen LogP contribution is 2.27. The zero-order valence-electron chi connectivity index (χ0n) is 17.4. The van der Waals surface area contributed by atoms with Gasteiger partial charge in [-0.25, -0.2) is 0 Å². The standard InChI is InChI=1S/C21H39N5O/c1-3-22-21(23-15-19-11-7-8-13-25(19)4-2)24-18-12-14-26(16-18)20(27)17-9-5-6-10-17/h17-19H,3-16H2,1-2H3,(H2,22,23,24). The van der Waals surface area contributed by atoms with Crippen LogP contribution in [0, 0.1) is 5.92 Å². The molecule has 6 nitrogen and oxygen atoms in total. The fraction of sp³-hybridized carbons (Fsp3) is 0.905. The van der Waals surface area contributed by atoms with Crippen LogP contribution in [-0.4, -0.2) is 73.0 Å². The van der Waals surface area contributed by atoms with Crippen LogP contribution in [0.3, 0.4) is 0 Å². The molecule has 3 rings (SSSR count). The number of nitrogens with zero attached hydrogens (tertiary/aromatic N) is 3. The van der Waals surface area contributed by atoms with Crippen LogP contribution in [0.1, 0.15) is 65.2 Å². The van der Waals surface area contributed by atoms with Gasteiger partial charge in [0.25, 0.3) is 0 Å². The average Bonchev–Trinajstić information content (AvgIpc) is 3.38. The molecule has 27 heavy (non-hydrogen) atoms. The Morgan fingerprint density at radius 2 is 1.81 bits per heavy atom. The van der Waals surface area contributed by atoms with Crippen molar-refractivity contribution in [3.8, 4) is 0 Å². The first-order valence-corrected chi connectivity index (χ1v) is 11.3. The van der Waals surface area contributed by atoms with Gasteiger partial charge in [0.1, 0.15) is 0 Å². The van der Waals surface area contributed by atoms with Crippen molar-refractivity contribution in [2.45, 2.75) is 77.3 Å². The maximum atomic E-state index is 12.7. The quantitative estimate of drug-likeness (QED) is 0.550. The summed E-state index contributed by atoms with van der Waals surface area (Å²) in [5.74, 6) is 1.59. The third-order valence-electron chi connectivity index (χ3n) is 6.50. The van der Waals surface area contributed by atoms with Crippen LogP contribution in [0.4, 0.5) is 0 Å². The van der Waals surface area contributed by atoms with E-state index in [2.05, 4.69) is 34.3 Å². The smallest absolute Gasteiger partial charge is 0.225 e. The van der Waals surface area contributed by atoms with Gasteiger partial charge in [-0.05, 0) is 52.1 Å². The van der Waals surface area contributed by atoms with E-state index in [9.17, 15) is 4.79 Å². The van der Waals surface area contributed by atoms with Gasteiger partial charge in [0.15, 0.2) is 5.96 Å².